The number of aromatic nitrogens is 1. The average Bonchev–Trinajstić information content (AvgIpc) is 3.33. The van der Waals surface area contributed by atoms with Crippen molar-refractivity contribution < 1.29 is 28.5 Å². The molecular formula is C21H29N3O6. The molecule has 30 heavy (non-hydrogen) atoms. The van der Waals surface area contributed by atoms with Crippen LogP contribution in [0, 0.1) is 0 Å². The topological polar surface area (TPSA) is 108 Å². The van der Waals surface area contributed by atoms with E-state index in [2.05, 4.69) is 15.6 Å². The maximum absolute atomic E-state index is 12.4. The SMILES string of the molecule is CCOC(=O)c1cncc(O[C@H]2CO[C@H]3[C@H]2OC[C@@H]3NC(=O)NC2CCCCC2)c1. The Labute approximate surface area is 175 Å². The van der Waals surface area contributed by atoms with Crippen molar-refractivity contribution in [3.8, 4) is 5.75 Å². The van der Waals surface area contributed by atoms with Crippen molar-refractivity contribution in [2.24, 2.45) is 0 Å². The highest BCUT2D eigenvalue weighted by molar-refractivity contribution is 5.89. The first kappa shape index (κ1) is 20.9. The Hall–Kier alpha value is -2.39. The molecule has 1 aliphatic carbocycles. The lowest BCUT2D eigenvalue weighted by atomic mass is 9.96. The minimum absolute atomic E-state index is 0.171. The van der Waals surface area contributed by atoms with Gasteiger partial charge in [0.05, 0.1) is 37.6 Å². The van der Waals surface area contributed by atoms with E-state index in [1.54, 1.807) is 19.2 Å². The number of fused-ring (bicyclic) bond motifs is 1. The van der Waals surface area contributed by atoms with Gasteiger partial charge in [-0.15, -0.1) is 0 Å². The smallest absolute Gasteiger partial charge is 0.339 e. The molecule has 3 fully saturated rings. The molecule has 1 saturated carbocycles. The number of urea groups is 1. The molecule has 2 aliphatic heterocycles. The molecule has 0 spiro atoms. The molecule has 0 radical (unpaired) electrons. The second kappa shape index (κ2) is 9.61. The summed E-state index contributed by atoms with van der Waals surface area (Å²) in [6, 6.07) is 1.45. The van der Waals surface area contributed by atoms with Crippen LogP contribution in [0.2, 0.25) is 0 Å². The fourth-order valence-corrected chi connectivity index (χ4v) is 4.32. The van der Waals surface area contributed by atoms with Gasteiger partial charge in [-0.05, 0) is 25.8 Å². The number of esters is 1. The fourth-order valence-electron chi connectivity index (χ4n) is 4.32. The predicted octanol–water partition coefficient (Wildman–Crippen LogP) is 1.80. The Kier molecular flexibility index (Phi) is 6.69. The van der Waals surface area contributed by atoms with Crippen LogP contribution in [0.4, 0.5) is 4.79 Å². The molecule has 2 amide bonds. The van der Waals surface area contributed by atoms with Crippen molar-refractivity contribution in [2.45, 2.75) is 69.4 Å². The zero-order chi connectivity index (χ0) is 20.9. The van der Waals surface area contributed by atoms with Crippen LogP contribution in [0.5, 0.6) is 5.75 Å². The first-order valence-corrected chi connectivity index (χ1v) is 10.7. The van der Waals surface area contributed by atoms with E-state index in [1.165, 1.54) is 12.6 Å². The summed E-state index contributed by atoms with van der Waals surface area (Å²) < 4.78 is 22.7. The summed E-state index contributed by atoms with van der Waals surface area (Å²) in [5.74, 6) is 0.00575. The van der Waals surface area contributed by atoms with Gasteiger partial charge in [-0.1, -0.05) is 19.3 Å². The summed E-state index contributed by atoms with van der Waals surface area (Å²) in [5, 5.41) is 6.05. The standard InChI is InChI=1S/C21H29N3O6/c1-2-27-20(25)13-8-15(10-22-9-13)30-17-12-29-18-16(11-28-19(17)18)24-21(26)23-14-6-4-3-5-7-14/h8-10,14,16-19H,2-7,11-12H2,1H3,(H2,23,24,26)/t16-,17-,18+,19-/m0/s1. The van der Waals surface area contributed by atoms with Crippen molar-refractivity contribution in [3.63, 3.8) is 0 Å². The van der Waals surface area contributed by atoms with E-state index in [-0.39, 0.29) is 36.4 Å². The quantitative estimate of drug-likeness (QED) is 0.677. The molecule has 2 N–H and O–H groups in total. The number of rotatable bonds is 6. The Bertz CT molecular complexity index is 754. The largest absolute Gasteiger partial charge is 0.484 e. The van der Waals surface area contributed by atoms with E-state index in [0.29, 0.717) is 31.1 Å². The molecule has 164 valence electrons. The third-order valence-corrected chi connectivity index (χ3v) is 5.78. The fraction of sp³-hybridized carbons (Fsp3) is 0.667. The van der Waals surface area contributed by atoms with Crippen LogP contribution in [0.15, 0.2) is 18.5 Å². The van der Waals surface area contributed by atoms with E-state index in [0.717, 1.165) is 25.7 Å². The monoisotopic (exact) mass is 419 g/mol. The molecule has 3 heterocycles. The number of carbonyl (C=O) groups excluding carboxylic acids is 2. The Morgan fingerprint density at radius 1 is 1.10 bits per heavy atom. The average molecular weight is 419 g/mol. The lowest BCUT2D eigenvalue weighted by molar-refractivity contribution is 0.0300. The molecule has 9 heteroatoms. The molecule has 9 nitrogen and oxygen atoms in total. The number of carbonyl (C=O) groups is 2. The zero-order valence-corrected chi connectivity index (χ0v) is 17.2. The number of hydrogen-bond donors (Lipinski definition) is 2. The predicted molar refractivity (Wildman–Crippen MR) is 106 cm³/mol. The van der Waals surface area contributed by atoms with Gasteiger partial charge in [0, 0.05) is 12.2 Å². The second-order valence-electron chi connectivity index (χ2n) is 7.94. The van der Waals surface area contributed by atoms with Crippen molar-refractivity contribution in [2.75, 3.05) is 19.8 Å². The van der Waals surface area contributed by atoms with Crippen LogP contribution >= 0.6 is 0 Å². The van der Waals surface area contributed by atoms with Gasteiger partial charge in [-0.25, -0.2) is 9.59 Å². The van der Waals surface area contributed by atoms with Crippen molar-refractivity contribution in [1.82, 2.24) is 15.6 Å². The molecule has 3 aliphatic rings. The van der Waals surface area contributed by atoms with Gasteiger partial charge >= 0.3 is 12.0 Å². The Morgan fingerprint density at radius 3 is 2.70 bits per heavy atom. The molecule has 0 unspecified atom stereocenters. The lowest BCUT2D eigenvalue weighted by Crippen LogP contribution is -2.51. The molecule has 0 bridgehead atoms. The Balaban J connectivity index is 1.30. The molecule has 1 aromatic rings. The van der Waals surface area contributed by atoms with E-state index in [1.807, 2.05) is 0 Å². The minimum Gasteiger partial charge on any atom is -0.484 e. The van der Waals surface area contributed by atoms with E-state index >= 15 is 0 Å². The van der Waals surface area contributed by atoms with Gasteiger partial charge in [0.2, 0.25) is 0 Å². The molecular weight excluding hydrogens is 390 g/mol. The minimum atomic E-state index is -0.443. The molecule has 1 aromatic heterocycles. The van der Waals surface area contributed by atoms with Crippen LogP contribution in [0.25, 0.3) is 0 Å². The summed E-state index contributed by atoms with van der Waals surface area (Å²) in [7, 11) is 0. The highest BCUT2D eigenvalue weighted by atomic mass is 16.6. The zero-order valence-electron chi connectivity index (χ0n) is 17.2. The van der Waals surface area contributed by atoms with Crippen LogP contribution in [0.1, 0.15) is 49.4 Å². The van der Waals surface area contributed by atoms with Crippen molar-refractivity contribution >= 4 is 12.0 Å². The summed E-state index contributed by atoms with van der Waals surface area (Å²) >= 11 is 0. The normalized spacial score (nSPS) is 28.6. The van der Waals surface area contributed by atoms with Crippen molar-refractivity contribution in [1.29, 1.82) is 0 Å². The highest BCUT2D eigenvalue weighted by Gasteiger charge is 2.49. The van der Waals surface area contributed by atoms with Crippen LogP contribution < -0.4 is 15.4 Å². The van der Waals surface area contributed by atoms with Gasteiger partial charge in [0.25, 0.3) is 0 Å². The third-order valence-electron chi connectivity index (χ3n) is 5.78. The first-order valence-electron chi connectivity index (χ1n) is 10.7. The van der Waals surface area contributed by atoms with Gasteiger partial charge in [-0.2, -0.15) is 0 Å². The highest BCUT2D eigenvalue weighted by Crippen LogP contribution is 2.30. The number of ether oxygens (including phenoxy) is 4. The maximum Gasteiger partial charge on any atom is 0.339 e. The molecule has 4 rings (SSSR count). The summed E-state index contributed by atoms with van der Waals surface area (Å²) in [6.07, 6.45) is 7.71. The number of hydrogen-bond acceptors (Lipinski definition) is 7. The lowest BCUT2D eigenvalue weighted by Gasteiger charge is -2.24. The first-order chi connectivity index (χ1) is 14.6. The second-order valence-corrected chi connectivity index (χ2v) is 7.94. The van der Waals surface area contributed by atoms with Gasteiger partial charge in [0.1, 0.15) is 18.0 Å². The van der Waals surface area contributed by atoms with Gasteiger partial charge < -0.3 is 29.6 Å². The Morgan fingerprint density at radius 2 is 1.90 bits per heavy atom. The summed E-state index contributed by atoms with van der Waals surface area (Å²) in [4.78, 5) is 28.3. The number of amides is 2. The van der Waals surface area contributed by atoms with Crippen LogP contribution in [0.3, 0.4) is 0 Å². The summed E-state index contributed by atoms with van der Waals surface area (Å²) in [5.41, 5.74) is 0.330. The number of pyridine rings is 1. The number of nitrogens with zero attached hydrogens (tertiary/aromatic N) is 1. The molecule has 0 aromatic carbocycles. The van der Waals surface area contributed by atoms with Gasteiger partial charge in [0.15, 0.2) is 6.10 Å². The van der Waals surface area contributed by atoms with Crippen LogP contribution in [-0.4, -0.2) is 67.2 Å². The van der Waals surface area contributed by atoms with Crippen molar-refractivity contribution in [3.05, 3.63) is 24.0 Å². The molecule has 2 saturated heterocycles. The van der Waals surface area contributed by atoms with Crippen LogP contribution in [-0.2, 0) is 14.2 Å². The van der Waals surface area contributed by atoms with E-state index < -0.39 is 5.97 Å². The maximum atomic E-state index is 12.4. The number of nitrogens with one attached hydrogen (secondary N) is 2. The van der Waals surface area contributed by atoms with E-state index in [9.17, 15) is 9.59 Å². The molecule has 4 atom stereocenters. The van der Waals surface area contributed by atoms with E-state index in [4.69, 9.17) is 18.9 Å². The van der Waals surface area contributed by atoms with Gasteiger partial charge in [-0.3, -0.25) is 4.98 Å². The summed E-state index contributed by atoms with van der Waals surface area (Å²) in [6.45, 7) is 2.75. The third kappa shape index (κ3) is 4.84.